The summed E-state index contributed by atoms with van der Waals surface area (Å²) < 4.78 is 11.2. The number of aliphatic hydroxyl groups is 5. The molecule has 9 nitrogen and oxygen atoms in total. The van der Waals surface area contributed by atoms with Crippen LogP contribution in [0.15, 0.2) is 0 Å². The molecule has 0 spiro atoms. The number of amides is 1. The second-order valence-corrected chi connectivity index (χ2v) is 16.2. The monoisotopic (exact) mass is 758 g/mol. The molecule has 0 aromatic carbocycles. The quantitative estimate of drug-likeness (QED) is 0.0342. The first-order valence-corrected chi connectivity index (χ1v) is 22.7. The van der Waals surface area contributed by atoms with Gasteiger partial charge in [0.25, 0.3) is 0 Å². The second-order valence-electron chi connectivity index (χ2n) is 16.2. The number of carbonyl (C=O) groups is 1. The lowest BCUT2D eigenvalue weighted by Gasteiger charge is -2.40. The van der Waals surface area contributed by atoms with E-state index in [1.165, 1.54) is 154 Å². The molecule has 0 unspecified atom stereocenters. The number of aliphatic hydroxyl groups excluding tert-OH is 5. The summed E-state index contributed by atoms with van der Waals surface area (Å²) in [4.78, 5) is 13.0. The smallest absolute Gasteiger partial charge is 0.220 e. The van der Waals surface area contributed by atoms with E-state index in [1.807, 2.05) is 0 Å². The zero-order chi connectivity index (χ0) is 38.8. The van der Waals surface area contributed by atoms with Crippen molar-refractivity contribution < 1.29 is 39.8 Å². The Hall–Kier alpha value is -0.810. The standard InChI is InChI=1S/C44H87NO8/c1-3-5-7-9-11-13-15-17-18-19-20-22-24-26-28-30-32-34-40(48)45-37(36-52-44-43(51)42(50)41(49)39(35-46)53-44)38(47)33-31-29-27-25-23-21-16-14-12-10-8-6-4-2/h37-39,41-44,46-47,49-51H,3-36H2,1-2H3,(H,45,48)/t37-,38-,39+,41-,42-,43+,44-/m0/s1. The molecule has 0 aliphatic carbocycles. The molecule has 1 aliphatic rings. The number of hydrogen-bond donors (Lipinski definition) is 6. The number of rotatable bonds is 38. The van der Waals surface area contributed by atoms with Crippen LogP contribution in [0.3, 0.4) is 0 Å². The van der Waals surface area contributed by atoms with Gasteiger partial charge in [-0.1, -0.05) is 200 Å². The van der Waals surface area contributed by atoms with Gasteiger partial charge in [0.1, 0.15) is 24.4 Å². The summed E-state index contributed by atoms with van der Waals surface area (Å²) >= 11 is 0. The van der Waals surface area contributed by atoms with Gasteiger partial charge < -0.3 is 40.3 Å². The van der Waals surface area contributed by atoms with E-state index in [1.54, 1.807) is 0 Å². The Balaban J connectivity index is 2.31. The van der Waals surface area contributed by atoms with E-state index in [9.17, 15) is 30.3 Å². The van der Waals surface area contributed by atoms with Gasteiger partial charge in [0.05, 0.1) is 25.4 Å². The van der Waals surface area contributed by atoms with Crippen LogP contribution in [0.2, 0.25) is 0 Å². The fraction of sp³-hybridized carbons (Fsp3) is 0.977. The topological polar surface area (TPSA) is 149 Å². The van der Waals surface area contributed by atoms with Crippen LogP contribution >= 0.6 is 0 Å². The molecule has 7 atom stereocenters. The number of nitrogens with one attached hydrogen (secondary N) is 1. The van der Waals surface area contributed by atoms with Gasteiger partial charge in [-0.3, -0.25) is 4.79 Å². The van der Waals surface area contributed by atoms with Gasteiger partial charge in [-0.15, -0.1) is 0 Å². The first kappa shape index (κ1) is 50.2. The third kappa shape index (κ3) is 26.6. The highest BCUT2D eigenvalue weighted by Crippen LogP contribution is 2.23. The average molecular weight is 758 g/mol. The Labute approximate surface area is 325 Å². The lowest BCUT2D eigenvalue weighted by Crippen LogP contribution is -2.60. The Morgan fingerprint density at radius 1 is 0.566 bits per heavy atom. The molecule has 0 aromatic rings. The predicted molar refractivity (Wildman–Crippen MR) is 217 cm³/mol. The minimum absolute atomic E-state index is 0.132. The SMILES string of the molecule is CCCCCCCCCCCCCCCCCCCC(=O)N[C@@H](CO[C@H]1O[C@H](CO)[C@H](O)[C@H](O)[C@H]1O)[C@@H](O)CCCCCCCCCCCCCCC. The van der Waals surface area contributed by atoms with Crippen molar-refractivity contribution in [1.82, 2.24) is 5.32 Å². The fourth-order valence-electron chi connectivity index (χ4n) is 7.51. The molecule has 6 N–H and O–H groups in total. The molecule has 1 rings (SSSR count). The normalized spacial score (nSPS) is 21.5. The van der Waals surface area contributed by atoms with Crippen LogP contribution in [0.4, 0.5) is 0 Å². The van der Waals surface area contributed by atoms with Crippen LogP contribution in [0, 0.1) is 0 Å². The van der Waals surface area contributed by atoms with Gasteiger partial charge in [0.2, 0.25) is 5.91 Å². The molecule has 0 aromatic heterocycles. The molecule has 53 heavy (non-hydrogen) atoms. The van der Waals surface area contributed by atoms with Crippen molar-refractivity contribution >= 4 is 5.91 Å². The van der Waals surface area contributed by atoms with E-state index in [2.05, 4.69) is 19.2 Å². The summed E-state index contributed by atoms with van der Waals surface area (Å²) in [6, 6.07) is -0.710. The van der Waals surface area contributed by atoms with Gasteiger partial charge in [-0.25, -0.2) is 0 Å². The Morgan fingerprint density at radius 3 is 1.34 bits per heavy atom. The van der Waals surface area contributed by atoms with Gasteiger partial charge in [-0.05, 0) is 12.8 Å². The van der Waals surface area contributed by atoms with Crippen molar-refractivity contribution in [2.45, 2.75) is 262 Å². The molecular formula is C44H87NO8. The molecule has 1 heterocycles. The minimum Gasteiger partial charge on any atom is -0.394 e. The summed E-state index contributed by atoms with van der Waals surface area (Å²) in [6.45, 7) is 3.84. The van der Waals surface area contributed by atoms with Crippen molar-refractivity contribution in [3.63, 3.8) is 0 Å². The number of unbranched alkanes of at least 4 members (excludes halogenated alkanes) is 28. The maximum Gasteiger partial charge on any atom is 0.220 e. The maximum absolute atomic E-state index is 13.0. The van der Waals surface area contributed by atoms with Crippen molar-refractivity contribution in [3.8, 4) is 0 Å². The highest BCUT2D eigenvalue weighted by Gasteiger charge is 2.44. The third-order valence-corrected chi connectivity index (χ3v) is 11.2. The highest BCUT2D eigenvalue weighted by atomic mass is 16.7. The minimum atomic E-state index is -1.55. The molecule has 0 radical (unpaired) electrons. The molecule has 316 valence electrons. The van der Waals surface area contributed by atoms with E-state index in [4.69, 9.17) is 9.47 Å². The van der Waals surface area contributed by atoms with E-state index >= 15 is 0 Å². The van der Waals surface area contributed by atoms with Crippen LogP contribution in [-0.4, -0.2) is 87.5 Å². The maximum atomic E-state index is 13.0. The summed E-state index contributed by atoms with van der Waals surface area (Å²) in [6.07, 6.45) is 31.0. The van der Waals surface area contributed by atoms with E-state index < -0.39 is 49.5 Å². The molecule has 1 aliphatic heterocycles. The predicted octanol–water partition coefficient (Wildman–Crippen LogP) is 9.17. The molecule has 1 saturated heterocycles. The lowest BCUT2D eigenvalue weighted by molar-refractivity contribution is -0.302. The van der Waals surface area contributed by atoms with Crippen LogP contribution in [-0.2, 0) is 14.3 Å². The highest BCUT2D eigenvalue weighted by molar-refractivity contribution is 5.76. The summed E-state index contributed by atoms with van der Waals surface area (Å²) in [5.41, 5.74) is 0. The average Bonchev–Trinajstić information content (AvgIpc) is 3.16. The van der Waals surface area contributed by atoms with Crippen LogP contribution < -0.4 is 5.32 Å². The molecule has 1 amide bonds. The van der Waals surface area contributed by atoms with Gasteiger partial charge in [-0.2, -0.15) is 0 Å². The summed E-state index contributed by atoms with van der Waals surface area (Å²) in [7, 11) is 0. The van der Waals surface area contributed by atoms with E-state index in [0.29, 0.717) is 12.8 Å². The first-order chi connectivity index (χ1) is 25.8. The van der Waals surface area contributed by atoms with Crippen molar-refractivity contribution in [3.05, 3.63) is 0 Å². The Kier molecular flexibility index (Phi) is 33.7. The largest absolute Gasteiger partial charge is 0.394 e. The van der Waals surface area contributed by atoms with Gasteiger partial charge in [0.15, 0.2) is 6.29 Å². The Morgan fingerprint density at radius 2 is 0.943 bits per heavy atom. The third-order valence-electron chi connectivity index (χ3n) is 11.2. The van der Waals surface area contributed by atoms with E-state index in [-0.39, 0.29) is 12.5 Å². The molecule has 0 saturated carbocycles. The van der Waals surface area contributed by atoms with Crippen molar-refractivity contribution in [1.29, 1.82) is 0 Å². The van der Waals surface area contributed by atoms with Crippen LogP contribution in [0.1, 0.15) is 219 Å². The lowest BCUT2D eigenvalue weighted by atomic mass is 9.99. The zero-order valence-electron chi connectivity index (χ0n) is 34.5. The van der Waals surface area contributed by atoms with Crippen LogP contribution in [0.5, 0.6) is 0 Å². The summed E-state index contributed by atoms with van der Waals surface area (Å²) in [5.74, 6) is -0.141. The summed E-state index contributed by atoms with van der Waals surface area (Å²) in [5, 5.41) is 54.3. The zero-order valence-corrected chi connectivity index (χ0v) is 34.5. The molecule has 1 fully saturated rings. The van der Waals surface area contributed by atoms with Crippen LogP contribution in [0.25, 0.3) is 0 Å². The van der Waals surface area contributed by atoms with Crippen molar-refractivity contribution in [2.24, 2.45) is 0 Å². The number of ether oxygens (including phenoxy) is 2. The second kappa shape index (κ2) is 35.6. The van der Waals surface area contributed by atoms with Gasteiger partial charge >= 0.3 is 0 Å². The van der Waals surface area contributed by atoms with Gasteiger partial charge in [0, 0.05) is 6.42 Å². The fourth-order valence-corrected chi connectivity index (χ4v) is 7.51. The van der Waals surface area contributed by atoms with Crippen molar-refractivity contribution in [2.75, 3.05) is 13.2 Å². The first-order valence-electron chi connectivity index (χ1n) is 22.7. The number of carbonyl (C=O) groups excluding carboxylic acids is 1. The Bertz CT molecular complexity index is 801. The molecule has 0 bridgehead atoms. The molecule has 9 heteroatoms. The number of hydrogen-bond acceptors (Lipinski definition) is 8. The van der Waals surface area contributed by atoms with E-state index in [0.717, 1.165) is 38.5 Å². The molecular weight excluding hydrogens is 670 g/mol.